The van der Waals surface area contributed by atoms with Gasteiger partial charge in [-0.05, 0) is 50.8 Å². The first-order chi connectivity index (χ1) is 13.6. The van der Waals surface area contributed by atoms with Gasteiger partial charge in [0.05, 0.1) is 12.6 Å². The highest BCUT2D eigenvalue weighted by molar-refractivity contribution is 5.80. The molecule has 2 fully saturated rings. The summed E-state index contributed by atoms with van der Waals surface area (Å²) in [5.74, 6) is 0.880. The van der Waals surface area contributed by atoms with Crippen molar-refractivity contribution in [1.82, 2.24) is 20.4 Å². The second-order valence-electron chi connectivity index (χ2n) is 8.24. The number of nitrogens with zero attached hydrogens (tertiary/aromatic N) is 3. The Morgan fingerprint density at radius 1 is 1.04 bits per heavy atom. The molecule has 1 aromatic carbocycles. The average Bonchev–Trinajstić information content (AvgIpc) is 2.71. The van der Waals surface area contributed by atoms with Crippen molar-refractivity contribution in [2.45, 2.75) is 57.8 Å². The van der Waals surface area contributed by atoms with E-state index in [0.717, 1.165) is 70.9 Å². The minimum Gasteiger partial charge on any atom is -0.393 e. The lowest BCUT2D eigenvalue weighted by Crippen LogP contribution is -2.45. The number of nitrogens with one attached hydrogen (secondary N) is 2. The minimum absolute atomic E-state index is 0.123. The van der Waals surface area contributed by atoms with Crippen molar-refractivity contribution >= 4 is 5.96 Å². The normalized spacial score (nSPS) is 24.9. The lowest BCUT2D eigenvalue weighted by molar-refractivity contribution is 0.120. The predicted octanol–water partition coefficient (Wildman–Crippen LogP) is 1.79. The van der Waals surface area contributed by atoms with E-state index in [-0.39, 0.29) is 6.10 Å². The first-order valence-electron chi connectivity index (χ1n) is 10.8. The molecule has 2 aliphatic rings. The van der Waals surface area contributed by atoms with Crippen molar-refractivity contribution in [3.05, 3.63) is 35.4 Å². The van der Waals surface area contributed by atoms with E-state index in [1.807, 2.05) is 0 Å². The Bertz CT molecular complexity index is 602. The Balaban J connectivity index is 1.49. The van der Waals surface area contributed by atoms with Gasteiger partial charge < -0.3 is 20.6 Å². The van der Waals surface area contributed by atoms with Gasteiger partial charge >= 0.3 is 0 Å². The van der Waals surface area contributed by atoms with Gasteiger partial charge in [-0.25, -0.2) is 4.99 Å². The number of aliphatic hydroxyl groups excluding tert-OH is 1. The fourth-order valence-electron chi connectivity index (χ4n) is 3.92. The van der Waals surface area contributed by atoms with Gasteiger partial charge in [0.2, 0.25) is 0 Å². The van der Waals surface area contributed by atoms with Crippen LogP contribution < -0.4 is 10.6 Å². The Labute approximate surface area is 170 Å². The fourth-order valence-corrected chi connectivity index (χ4v) is 3.92. The smallest absolute Gasteiger partial charge is 0.191 e. The molecule has 0 aromatic heterocycles. The minimum atomic E-state index is -0.123. The molecule has 0 atom stereocenters. The molecular formula is C22H37N5O. The first kappa shape index (κ1) is 21.1. The van der Waals surface area contributed by atoms with E-state index in [2.05, 4.69) is 58.7 Å². The summed E-state index contributed by atoms with van der Waals surface area (Å²) in [6.07, 6.45) is 3.65. The summed E-state index contributed by atoms with van der Waals surface area (Å²) in [5.41, 5.74) is 2.61. The highest BCUT2D eigenvalue weighted by Crippen LogP contribution is 2.18. The lowest BCUT2D eigenvalue weighted by Gasteiger charge is -2.32. The second kappa shape index (κ2) is 10.8. The number of guanidine groups is 1. The van der Waals surface area contributed by atoms with Crippen molar-refractivity contribution < 1.29 is 5.11 Å². The Morgan fingerprint density at radius 2 is 1.68 bits per heavy atom. The van der Waals surface area contributed by atoms with Gasteiger partial charge in [-0.1, -0.05) is 24.3 Å². The molecule has 0 unspecified atom stereocenters. The Morgan fingerprint density at radius 3 is 2.32 bits per heavy atom. The number of hydrogen-bond acceptors (Lipinski definition) is 4. The highest BCUT2D eigenvalue weighted by atomic mass is 16.3. The number of benzene rings is 1. The van der Waals surface area contributed by atoms with Crippen LogP contribution in [0.4, 0.5) is 0 Å². The molecule has 1 heterocycles. The maximum atomic E-state index is 9.68. The quantitative estimate of drug-likeness (QED) is 0.513. The van der Waals surface area contributed by atoms with Gasteiger partial charge in [-0.3, -0.25) is 4.90 Å². The van der Waals surface area contributed by atoms with E-state index < -0.39 is 0 Å². The van der Waals surface area contributed by atoms with Crippen molar-refractivity contribution in [1.29, 1.82) is 0 Å². The van der Waals surface area contributed by atoms with Gasteiger partial charge in [0.15, 0.2) is 5.96 Å². The maximum Gasteiger partial charge on any atom is 0.191 e. The van der Waals surface area contributed by atoms with Crippen LogP contribution in [-0.4, -0.2) is 72.8 Å². The molecule has 1 saturated carbocycles. The molecule has 1 aliphatic carbocycles. The third-order valence-electron chi connectivity index (χ3n) is 5.83. The van der Waals surface area contributed by atoms with Gasteiger partial charge in [0.1, 0.15) is 0 Å². The number of aliphatic hydroxyl groups is 1. The van der Waals surface area contributed by atoms with E-state index in [9.17, 15) is 5.11 Å². The number of piperazine rings is 1. The fraction of sp³-hybridized carbons (Fsp3) is 0.682. The third kappa shape index (κ3) is 6.76. The summed E-state index contributed by atoms with van der Waals surface area (Å²) >= 11 is 0. The van der Waals surface area contributed by atoms with Crippen LogP contribution in [0.2, 0.25) is 0 Å². The Kier molecular flexibility index (Phi) is 8.13. The van der Waals surface area contributed by atoms with Crippen LogP contribution in [0.15, 0.2) is 29.3 Å². The zero-order chi connectivity index (χ0) is 19.8. The highest BCUT2D eigenvalue weighted by Gasteiger charge is 2.20. The number of hydrogen-bond donors (Lipinski definition) is 3. The van der Waals surface area contributed by atoms with Crippen molar-refractivity contribution in [3.63, 3.8) is 0 Å². The van der Waals surface area contributed by atoms with Gasteiger partial charge in [0, 0.05) is 45.3 Å². The zero-order valence-electron chi connectivity index (χ0n) is 17.5. The number of aliphatic imine (C=N–C) groups is 1. The standard InChI is InChI=1S/C22H37N5O/c1-3-23-22(25-20-8-10-21(28)11-9-20)24-16-18-4-6-19(7-5-18)17-27-14-12-26(2)13-15-27/h4-7,20-21,28H,3,8-17H2,1-2H3,(H2,23,24,25). The third-order valence-corrected chi connectivity index (χ3v) is 5.83. The van der Waals surface area contributed by atoms with Crippen LogP contribution in [0.3, 0.4) is 0 Å². The van der Waals surface area contributed by atoms with Crippen LogP contribution in [0.1, 0.15) is 43.7 Å². The van der Waals surface area contributed by atoms with Crippen LogP contribution >= 0.6 is 0 Å². The molecule has 28 heavy (non-hydrogen) atoms. The SMILES string of the molecule is CCNC(=NCc1ccc(CN2CCN(C)CC2)cc1)NC1CCC(O)CC1. The van der Waals surface area contributed by atoms with Crippen LogP contribution in [0, 0.1) is 0 Å². The average molecular weight is 388 g/mol. The molecule has 156 valence electrons. The van der Waals surface area contributed by atoms with E-state index >= 15 is 0 Å². The first-order valence-corrected chi connectivity index (χ1v) is 10.8. The molecule has 3 N–H and O–H groups in total. The molecule has 3 rings (SSSR count). The molecule has 0 amide bonds. The monoisotopic (exact) mass is 387 g/mol. The molecule has 1 saturated heterocycles. The van der Waals surface area contributed by atoms with E-state index in [4.69, 9.17) is 4.99 Å². The number of rotatable bonds is 6. The molecular weight excluding hydrogens is 350 g/mol. The molecule has 6 nitrogen and oxygen atoms in total. The molecule has 1 aliphatic heterocycles. The van der Waals surface area contributed by atoms with Gasteiger partial charge in [-0.15, -0.1) is 0 Å². The summed E-state index contributed by atoms with van der Waals surface area (Å²) in [6, 6.07) is 9.30. The van der Waals surface area contributed by atoms with Crippen molar-refractivity contribution in [2.75, 3.05) is 39.8 Å². The van der Waals surface area contributed by atoms with E-state index in [1.165, 1.54) is 11.1 Å². The molecule has 0 bridgehead atoms. The number of likely N-dealkylation sites (N-methyl/N-ethyl adjacent to an activating group) is 1. The van der Waals surface area contributed by atoms with E-state index in [1.54, 1.807) is 0 Å². The largest absolute Gasteiger partial charge is 0.393 e. The summed E-state index contributed by atoms with van der Waals surface area (Å²) in [7, 11) is 2.20. The summed E-state index contributed by atoms with van der Waals surface area (Å²) in [4.78, 5) is 9.69. The predicted molar refractivity (Wildman–Crippen MR) is 115 cm³/mol. The van der Waals surface area contributed by atoms with E-state index in [0.29, 0.717) is 12.6 Å². The zero-order valence-corrected chi connectivity index (χ0v) is 17.5. The second-order valence-corrected chi connectivity index (χ2v) is 8.24. The topological polar surface area (TPSA) is 63.1 Å². The maximum absolute atomic E-state index is 9.68. The molecule has 1 aromatic rings. The Hall–Kier alpha value is -1.63. The van der Waals surface area contributed by atoms with Crippen molar-refractivity contribution in [2.24, 2.45) is 4.99 Å². The van der Waals surface area contributed by atoms with Crippen LogP contribution in [0.25, 0.3) is 0 Å². The van der Waals surface area contributed by atoms with Crippen molar-refractivity contribution in [3.8, 4) is 0 Å². The summed E-state index contributed by atoms with van der Waals surface area (Å²) in [5, 5.41) is 16.6. The van der Waals surface area contributed by atoms with Gasteiger partial charge in [-0.2, -0.15) is 0 Å². The summed E-state index contributed by atoms with van der Waals surface area (Å²) < 4.78 is 0. The molecule has 6 heteroatoms. The lowest BCUT2D eigenvalue weighted by atomic mass is 9.93. The van der Waals surface area contributed by atoms with Gasteiger partial charge in [0.25, 0.3) is 0 Å². The molecule has 0 spiro atoms. The van der Waals surface area contributed by atoms with Crippen LogP contribution in [-0.2, 0) is 13.1 Å². The molecule has 0 radical (unpaired) electrons. The summed E-state index contributed by atoms with van der Waals surface area (Å²) in [6.45, 7) is 9.28. The van der Waals surface area contributed by atoms with Crippen LogP contribution in [0.5, 0.6) is 0 Å².